The topological polar surface area (TPSA) is 93.0 Å². The van der Waals surface area contributed by atoms with Crippen LogP contribution in [0.5, 0.6) is 0 Å². The van der Waals surface area contributed by atoms with Crippen molar-refractivity contribution < 1.29 is 9.59 Å². The fraction of sp³-hybridized carbons (Fsp3) is 0.250. The second-order valence-electron chi connectivity index (χ2n) is 6.67. The number of hydrogen-bond donors (Lipinski definition) is 1. The molecule has 0 aliphatic heterocycles. The first-order chi connectivity index (χ1) is 13.7. The first kappa shape index (κ1) is 17.8. The van der Waals surface area contributed by atoms with Crippen LogP contribution < -0.4 is 5.32 Å². The summed E-state index contributed by atoms with van der Waals surface area (Å²) < 4.78 is 1.53. The summed E-state index contributed by atoms with van der Waals surface area (Å²) in [5.74, 6) is -0.333. The number of rotatable bonds is 7. The molecule has 8 nitrogen and oxygen atoms in total. The van der Waals surface area contributed by atoms with Gasteiger partial charge in [-0.05, 0) is 37.1 Å². The molecule has 1 saturated carbocycles. The molecule has 0 bridgehead atoms. The van der Waals surface area contributed by atoms with Crippen molar-refractivity contribution in [3.8, 4) is 0 Å². The van der Waals surface area contributed by atoms with E-state index in [9.17, 15) is 9.59 Å². The van der Waals surface area contributed by atoms with Gasteiger partial charge < -0.3 is 10.2 Å². The van der Waals surface area contributed by atoms with Crippen LogP contribution in [0.4, 0.5) is 5.69 Å². The highest BCUT2D eigenvalue weighted by Gasteiger charge is 2.32. The van der Waals surface area contributed by atoms with E-state index in [0.717, 1.165) is 18.5 Å². The Labute approximate surface area is 162 Å². The van der Waals surface area contributed by atoms with Crippen LogP contribution in [-0.4, -0.2) is 42.5 Å². The third kappa shape index (κ3) is 4.40. The van der Waals surface area contributed by atoms with Crippen LogP contribution in [0.2, 0.25) is 0 Å². The zero-order chi connectivity index (χ0) is 19.3. The number of carbonyl (C=O) groups is 2. The lowest BCUT2D eigenvalue weighted by atomic mass is 10.3. The molecule has 0 radical (unpaired) electrons. The molecular weight excluding hydrogens is 356 g/mol. The van der Waals surface area contributed by atoms with Gasteiger partial charge in [-0.25, -0.2) is 0 Å². The van der Waals surface area contributed by atoms with E-state index in [2.05, 4.69) is 20.4 Å². The molecule has 1 aliphatic carbocycles. The molecule has 0 atom stereocenters. The van der Waals surface area contributed by atoms with Crippen LogP contribution in [0.15, 0.2) is 61.2 Å². The third-order valence-corrected chi connectivity index (χ3v) is 4.45. The summed E-state index contributed by atoms with van der Waals surface area (Å²) in [6.07, 6.45) is 8.49. The molecule has 0 saturated heterocycles. The maximum Gasteiger partial charge on any atom is 0.274 e. The first-order valence-corrected chi connectivity index (χ1v) is 9.13. The zero-order valence-corrected chi connectivity index (χ0v) is 15.2. The fourth-order valence-electron chi connectivity index (χ4n) is 2.91. The first-order valence-electron chi connectivity index (χ1n) is 9.13. The van der Waals surface area contributed by atoms with Crippen molar-refractivity contribution in [2.45, 2.75) is 32.0 Å². The van der Waals surface area contributed by atoms with Gasteiger partial charge in [0.1, 0.15) is 12.2 Å². The minimum absolute atomic E-state index is 0.0149. The summed E-state index contributed by atoms with van der Waals surface area (Å²) in [4.78, 5) is 35.1. The molecule has 3 aromatic rings. The minimum Gasteiger partial charge on any atom is -0.332 e. The van der Waals surface area contributed by atoms with Crippen molar-refractivity contribution >= 4 is 17.5 Å². The lowest BCUT2D eigenvalue weighted by Gasteiger charge is -2.22. The van der Waals surface area contributed by atoms with Gasteiger partial charge in [-0.15, -0.1) is 0 Å². The smallest absolute Gasteiger partial charge is 0.274 e. The van der Waals surface area contributed by atoms with Gasteiger partial charge in [0, 0.05) is 24.6 Å². The Bertz CT molecular complexity index is 953. The van der Waals surface area contributed by atoms with Gasteiger partial charge in [-0.1, -0.05) is 12.1 Å². The predicted octanol–water partition coefficient (Wildman–Crippen LogP) is 2.12. The molecule has 142 valence electrons. The Balaban J connectivity index is 1.38. The van der Waals surface area contributed by atoms with Crippen molar-refractivity contribution in [2.75, 3.05) is 5.32 Å². The Hall–Kier alpha value is -3.55. The second kappa shape index (κ2) is 7.99. The molecule has 0 spiro atoms. The molecular formula is C20H20N6O2. The minimum atomic E-state index is -0.318. The molecule has 28 heavy (non-hydrogen) atoms. The van der Waals surface area contributed by atoms with Crippen molar-refractivity contribution in [2.24, 2.45) is 0 Å². The largest absolute Gasteiger partial charge is 0.332 e. The summed E-state index contributed by atoms with van der Waals surface area (Å²) in [5, 5.41) is 6.93. The fourth-order valence-corrected chi connectivity index (χ4v) is 2.91. The number of anilines is 1. The lowest BCUT2D eigenvalue weighted by Crippen LogP contribution is -2.35. The molecule has 1 fully saturated rings. The van der Waals surface area contributed by atoms with Gasteiger partial charge in [0.2, 0.25) is 5.91 Å². The highest BCUT2D eigenvalue weighted by atomic mass is 16.2. The van der Waals surface area contributed by atoms with Crippen molar-refractivity contribution in [1.82, 2.24) is 24.6 Å². The molecule has 3 heterocycles. The zero-order valence-electron chi connectivity index (χ0n) is 15.2. The van der Waals surface area contributed by atoms with E-state index < -0.39 is 0 Å². The van der Waals surface area contributed by atoms with Gasteiger partial charge in [0.25, 0.3) is 5.91 Å². The van der Waals surface area contributed by atoms with Gasteiger partial charge in [0.05, 0.1) is 24.1 Å². The van der Waals surface area contributed by atoms with E-state index in [4.69, 9.17) is 0 Å². The summed E-state index contributed by atoms with van der Waals surface area (Å²) >= 11 is 0. The highest BCUT2D eigenvalue weighted by Crippen LogP contribution is 2.28. The average Bonchev–Trinajstić information content (AvgIpc) is 3.48. The monoisotopic (exact) mass is 376 g/mol. The van der Waals surface area contributed by atoms with Crippen LogP contribution in [0.3, 0.4) is 0 Å². The van der Waals surface area contributed by atoms with E-state index in [1.165, 1.54) is 10.9 Å². The van der Waals surface area contributed by atoms with Crippen molar-refractivity contribution in [3.05, 3.63) is 72.6 Å². The molecule has 3 aromatic heterocycles. The number of hydrogen-bond acceptors (Lipinski definition) is 5. The van der Waals surface area contributed by atoms with E-state index >= 15 is 0 Å². The third-order valence-electron chi connectivity index (χ3n) is 4.45. The SMILES string of the molecule is O=C(Nc1cnn(CC(=O)N(Cc2ccccn2)C2CC2)c1)c1ccccn1. The van der Waals surface area contributed by atoms with Crippen LogP contribution in [0.1, 0.15) is 29.0 Å². The molecule has 4 rings (SSSR count). The normalized spacial score (nSPS) is 13.1. The Morgan fingerprint density at radius 2 is 1.89 bits per heavy atom. The molecule has 2 amide bonds. The maximum absolute atomic E-state index is 12.8. The average molecular weight is 376 g/mol. The Morgan fingerprint density at radius 1 is 1.11 bits per heavy atom. The van der Waals surface area contributed by atoms with Crippen molar-refractivity contribution in [3.63, 3.8) is 0 Å². The number of aromatic nitrogens is 4. The molecule has 0 unspecified atom stereocenters. The van der Waals surface area contributed by atoms with E-state index in [1.54, 1.807) is 36.8 Å². The summed E-state index contributed by atoms with van der Waals surface area (Å²) in [5.41, 5.74) is 1.71. The van der Waals surface area contributed by atoms with Crippen LogP contribution in [0, 0.1) is 0 Å². The quantitative estimate of drug-likeness (QED) is 0.682. The van der Waals surface area contributed by atoms with Gasteiger partial charge >= 0.3 is 0 Å². The summed E-state index contributed by atoms with van der Waals surface area (Å²) in [7, 11) is 0. The Morgan fingerprint density at radius 3 is 2.57 bits per heavy atom. The number of nitrogens with zero attached hydrogens (tertiary/aromatic N) is 5. The number of carbonyl (C=O) groups excluding carboxylic acids is 2. The lowest BCUT2D eigenvalue weighted by molar-refractivity contribution is -0.133. The van der Waals surface area contributed by atoms with Crippen LogP contribution >= 0.6 is 0 Å². The van der Waals surface area contributed by atoms with E-state index in [-0.39, 0.29) is 24.4 Å². The van der Waals surface area contributed by atoms with Crippen molar-refractivity contribution in [1.29, 1.82) is 0 Å². The predicted molar refractivity (Wildman–Crippen MR) is 102 cm³/mol. The Kier molecular flexibility index (Phi) is 5.09. The van der Waals surface area contributed by atoms with Gasteiger partial charge in [-0.2, -0.15) is 5.10 Å². The van der Waals surface area contributed by atoms with Gasteiger partial charge in [0.15, 0.2) is 0 Å². The standard InChI is InChI=1S/C20H20N6O2/c27-19(26(17-7-8-17)13-15-5-1-3-9-21-15)14-25-12-16(11-23-25)24-20(28)18-6-2-4-10-22-18/h1-6,9-12,17H,7-8,13-14H2,(H,24,28). The highest BCUT2D eigenvalue weighted by molar-refractivity contribution is 6.02. The van der Waals surface area contributed by atoms with Crippen LogP contribution in [0.25, 0.3) is 0 Å². The molecule has 0 aromatic carbocycles. The summed E-state index contributed by atoms with van der Waals surface area (Å²) in [6, 6.07) is 11.1. The second-order valence-corrected chi connectivity index (χ2v) is 6.67. The molecule has 1 N–H and O–H groups in total. The van der Waals surface area contributed by atoms with E-state index in [0.29, 0.717) is 17.9 Å². The van der Waals surface area contributed by atoms with Gasteiger partial charge in [-0.3, -0.25) is 24.2 Å². The maximum atomic E-state index is 12.8. The van der Waals surface area contributed by atoms with E-state index in [1.807, 2.05) is 23.1 Å². The molecule has 1 aliphatic rings. The number of nitrogens with one attached hydrogen (secondary N) is 1. The molecule has 8 heteroatoms. The van der Waals surface area contributed by atoms with Crippen LogP contribution in [-0.2, 0) is 17.9 Å². The summed E-state index contributed by atoms with van der Waals surface area (Å²) in [6.45, 7) is 0.609. The number of pyridine rings is 2. The number of amides is 2.